The number of rotatable bonds is 7. The highest BCUT2D eigenvalue weighted by Crippen LogP contribution is 2.48. The van der Waals surface area contributed by atoms with E-state index in [-0.39, 0.29) is 17.7 Å². The Balaban J connectivity index is 1.44. The Morgan fingerprint density at radius 2 is 2.00 bits per heavy atom. The number of amides is 1. The lowest BCUT2D eigenvalue weighted by atomic mass is 9.96. The third-order valence-electron chi connectivity index (χ3n) is 5.37. The Bertz CT molecular complexity index is 735. The van der Waals surface area contributed by atoms with Crippen LogP contribution in [0.25, 0.3) is 0 Å². The number of carbonyl (C=O) groups is 1. The number of halogens is 1. The number of piperidine rings is 1. The smallest absolute Gasteiger partial charge is 0.226 e. The van der Waals surface area contributed by atoms with Crippen LogP contribution in [-0.4, -0.2) is 40.4 Å². The molecule has 2 unspecified atom stereocenters. The highest BCUT2D eigenvalue weighted by molar-refractivity contribution is 5.82. The van der Waals surface area contributed by atoms with Crippen molar-refractivity contribution in [2.45, 2.75) is 26.2 Å². The van der Waals surface area contributed by atoms with E-state index in [4.69, 9.17) is 0 Å². The number of aromatic nitrogens is 2. The SMILES string of the molecule is C=C/C=C(\C(=C)F)C1CC1C(=O)N1CCC(CNc2ncc(C)cn2)CC1. The van der Waals surface area contributed by atoms with E-state index in [0.717, 1.165) is 38.0 Å². The lowest BCUT2D eigenvalue weighted by Gasteiger charge is -2.32. The quantitative estimate of drug-likeness (QED) is 0.744. The van der Waals surface area contributed by atoms with Gasteiger partial charge in [-0.1, -0.05) is 25.3 Å². The fourth-order valence-corrected chi connectivity index (χ4v) is 3.67. The predicted octanol–water partition coefficient (Wildman–Crippen LogP) is 3.67. The van der Waals surface area contributed by atoms with Crippen molar-refractivity contribution < 1.29 is 9.18 Å². The number of hydrogen-bond acceptors (Lipinski definition) is 4. The molecular formula is C21H27FN4O. The molecule has 6 heteroatoms. The zero-order valence-electron chi connectivity index (χ0n) is 15.8. The van der Waals surface area contributed by atoms with E-state index in [1.54, 1.807) is 24.5 Å². The molecular weight excluding hydrogens is 343 g/mol. The Kier molecular flexibility index (Phi) is 6.04. The molecule has 144 valence electrons. The summed E-state index contributed by atoms with van der Waals surface area (Å²) in [7, 11) is 0. The van der Waals surface area contributed by atoms with E-state index >= 15 is 0 Å². The third kappa shape index (κ3) is 4.81. The Hall–Kier alpha value is -2.50. The number of nitrogens with one attached hydrogen (secondary N) is 1. The molecule has 1 aromatic rings. The number of likely N-dealkylation sites (tertiary alicyclic amines) is 1. The van der Waals surface area contributed by atoms with Gasteiger partial charge in [-0.2, -0.15) is 0 Å². The normalized spacial score (nSPS) is 23.0. The summed E-state index contributed by atoms with van der Waals surface area (Å²) in [6, 6.07) is 0. The number of allylic oxidation sites excluding steroid dienone is 4. The van der Waals surface area contributed by atoms with Gasteiger partial charge in [-0.25, -0.2) is 14.4 Å². The van der Waals surface area contributed by atoms with Crippen molar-refractivity contribution in [3.05, 3.63) is 54.7 Å². The molecule has 0 radical (unpaired) electrons. The van der Waals surface area contributed by atoms with Crippen molar-refractivity contribution in [1.82, 2.24) is 14.9 Å². The minimum Gasteiger partial charge on any atom is -0.354 e. The lowest BCUT2D eigenvalue weighted by Crippen LogP contribution is -2.41. The van der Waals surface area contributed by atoms with Crippen LogP contribution in [0.5, 0.6) is 0 Å². The molecule has 1 N–H and O–H groups in total. The minimum atomic E-state index is -0.460. The number of anilines is 1. The van der Waals surface area contributed by atoms with E-state index < -0.39 is 5.83 Å². The standard InChI is InChI=1S/C21H27FN4O/c1-4-5-17(15(3)22)18-10-19(18)20(27)26-8-6-16(7-9-26)13-25-21-23-11-14(2)12-24-21/h4-5,11-12,16,18-19H,1,3,6-10,13H2,2H3,(H,23,24,25)/b17-5+. The third-order valence-corrected chi connectivity index (χ3v) is 5.37. The van der Waals surface area contributed by atoms with Crippen molar-refractivity contribution in [3.63, 3.8) is 0 Å². The summed E-state index contributed by atoms with van der Waals surface area (Å²) in [5, 5.41) is 3.28. The highest BCUT2D eigenvalue weighted by atomic mass is 19.1. The second-order valence-electron chi connectivity index (χ2n) is 7.44. The number of carbonyl (C=O) groups excluding carboxylic acids is 1. The van der Waals surface area contributed by atoms with Crippen molar-refractivity contribution >= 4 is 11.9 Å². The molecule has 2 aliphatic rings. The van der Waals surface area contributed by atoms with Crippen LogP contribution < -0.4 is 5.32 Å². The average Bonchev–Trinajstić information content (AvgIpc) is 3.45. The first-order valence-electron chi connectivity index (χ1n) is 9.48. The van der Waals surface area contributed by atoms with E-state index in [2.05, 4.69) is 28.4 Å². The van der Waals surface area contributed by atoms with Crippen LogP contribution in [0.3, 0.4) is 0 Å². The molecule has 1 aromatic heterocycles. The largest absolute Gasteiger partial charge is 0.354 e. The summed E-state index contributed by atoms with van der Waals surface area (Å²) in [5.74, 6) is 0.664. The Labute approximate surface area is 160 Å². The maximum atomic E-state index is 13.6. The monoisotopic (exact) mass is 370 g/mol. The van der Waals surface area contributed by atoms with E-state index in [1.165, 1.54) is 0 Å². The topological polar surface area (TPSA) is 58.1 Å². The zero-order valence-corrected chi connectivity index (χ0v) is 15.8. The van der Waals surface area contributed by atoms with Gasteiger partial charge in [0, 0.05) is 37.9 Å². The highest BCUT2D eigenvalue weighted by Gasteiger charge is 2.47. The van der Waals surface area contributed by atoms with Crippen LogP contribution >= 0.6 is 0 Å². The van der Waals surface area contributed by atoms with Crippen LogP contribution in [0.15, 0.2) is 49.1 Å². The van der Waals surface area contributed by atoms with Crippen LogP contribution in [0.2, 0.25) is 0 Å². The molecule has 0 aromatic carbocycles. The van der Waals surface area contributed by atoms with Gasteiger partial charge in [-0.05, 0) is 49.2 Å². The predicted molar refractivity (Wildman–Crippen MR) is 105 cm³/mol. The van der Waals surface area contributed by atoms with Gasteiger partial charge in [-0.3, -0.25) is 4.79 Å². The number of nitrogens with zero attached hydrogens (tertiary/aromatic N) is 3. The molecule has 5 nitrogen and oxygen atoms in total. The average molecular weight is 370 g/mol. The first kappa shape index (κ1) is 19.3. The first-order valence-corrected chi connectivity index (χ1v) is 9.48. The number of hydrogen-bond donors (Lipinski definition) is 1. The molecule has 0 bridgehead atoms. The molecule has 1 saturated heterocycles. The first-order chi connectivity index (χ1) is 13.0. The molecule has 2 heterocycles. The maximum Gasteiger partial charge on any atom is 0.226 e. The minimum absolute atomic E-state index is 0.0499. The summed E-state index contributed by atoms with van der Waals surface area (Å²) >= 11 is 0. The maximum absolute atomic E-state index is 13.6. The summed E-state index contributed by atoms with van der Waals surface area (Å²) < 4.78 is 13.6. The van der Waals surface area contributed by atoms with E-state index in [0.29, 0.717) is 23.9 Å². The Morgan fingerprint density at radius 3 is 2.59 bits per heavy atom. The van der Waals surface area contributed by atoms with Crippen LogP contribution in [0.1, 0.15) is 24.8 Å². The summed E-state index contributed by atoms with van der Waals surface area (Å²) in [4.78, 5) is 23.1. The number of aryl methyl sites for hydroxylation is 1. The zero-order chi connectivity index (χ0) is 19.4. The summed E-state index contributed by atoms with van der Waals surface area (Å²) in [6.45, 7) is 11.3. The molecule has 0 spiro atoms. The van der Waals surface area contributed by atoms with Crippen molar-refractivity contribution in [3.8, 4) is 0 Å². The van der Waals surface area contributed by atoms with Gasteiger partial charge in [0.15, 0.2) is 0 Å². The molecule has 2 fully saturated rings. The molecule has 1 aliphatic carbocycles. The molecule has 3 rings (SSSR count). The fourth-order valence-electron chi connectivity index (χ4n) is 3.67. The van der Waals surface area contributed by atoms with Gasteiger partial charge in [-0.15, -0.1) is 0 Å². The van der Waals surface area contributed by atoms with Gasteiger partial charge in [0.1, 0.15) is 5.83 Å². The van der Waals surface area contributed by atoms with Gasteiger partial charge in [0.25, 0.3) is 0 Å². The van der Waals surface area contributed by atoms with Crippen LogP contribution in [0.4, 0.5) is 10.3 Å². The second kappa shape index (κ2) is 8.46. The molecule has 1 amide bonds. The van der Waals surface area contributed by atoms with Crippen LogP contribution in [0, 0.1) is 24.7 Å². The van der Waals surface area contributed by atoms with Crippen molar-refractivity contribution in [2.75, 3.05) is 25.0 Å². The molecule has 2 atom stereocenters. The second-order valence-corrected chi connectivity index (χ2v) is 7.44. The fraction of sp³-hybridized carbons (Fsp3) is 0.476. The van der Waals surface area contributed by atoms with Gasteiger partial charge in [0.05, 0.1) is 0 Å². The van der Waals surface area contributed by atoms with Crippen LogP contribution in [-0.2, 0) is 4.79 Å². The van der Waals surface area contributed by atoms with E-state index in [9.17, 15) is 9.18 Å². The molecule has 1 aliphatic heterocycles. The van der Waals surface area contributed by atoms with Crippen molar-refractivity contribution in [2.24, 2.45) is 17.8 Å². The molecule has 1 saturated carbocycles. The summed E-state index contributed by atoms with van der Waals surface area (Å²) in [6.07, 6.45) is 9.38. The Morgan fingerprint density at radius 1 is 1.33 bits per heavy atom. The van der Waals surface area contributed by atoms with Crippen molar-refractivity contribution in [1.29, 1.82) is 0 Å². The van der Waals surface area contributed by atoms with Gasteiger partial charge in [0.2, 0.25) is 11.9 Å². The summed E-state index contributed by atoms with van der Waals surface area (Å²) in [5.41, 5.74) is 1.55. The van der Waals surface area contributed by atoms with Gasteiger partial charge >= 0.3 is 0 Å². The van der Waals surface area contributed by atoms with E-state index in [1.807, 2.05) is 11.8 Å². The van der Waals surface area contributed by atoms with Gasteiger partial charge < -0.3 is 10.2 Å². The molecule has 27 heavy (non-hydrogen) atoms. The lowest BCUT2D eigenvalue weighted by molar-refractivity contribution is -0.134.